The fourth-order valence-corrected chi connectivity index (χ4v) is 4.21. The molecule has 2 heterocycles. The summed E-state index contributed by atoms with van der Waals surface area (Å²) in [6.07, 6.45) is 9.54. The number of hydrogen-bond donors (Lipinski definition) is 2. The van der Waals surface area contributed by atoms with Crippen LogP contribution in [0, 0.1) is 23.7 Å². The summed E-state index contributed by atoms with van der Waals surface area (Å²) >= 11 is 1.47. The van der Waals surface area contributed by atoms with Gasteiger partial charge in [-0.25, -0.2) is 14.6 Å². The Morgan fingerprint density at radius 2 is 1.77 bits per heavy atom. The Morgan fingerprint density at radius 3 is 2.48 bits per heavy atom. The van der Waals surface area contributed by atoms with Crippen molar-refractivity contribution < 1.29 is 28.7 Å². The third kappa shape index (κ3) is 15.2. The fourth-order valence-electron chi connectivity index (χ4n) is 3.90. The molecule has 2 rings (SSSR count). The number of nitrogens with zero attached hydrogens (tertiary/aromatic N) is 5. The molecule has 0 fully saturated rings. The van der Waals surface area contributed by atoms with Crippen LogP contribution in [0.5, 0.6) is 0 Å². The predicted octanol–water partition coefficient (Wildman–Crippen LogP) is 1.99. The van der Waals surface area contributed by atoms with Crippen LogP contribution >= 0.6 is 11.8 Å². The van der Waals surface area contributed by atoms with E-state index in [9.17, 15) is 19.2 Å². The molecule has 2 N–H and O–H groups in total. The number of Topliss-reactive ketones (excluding diaryl/α,β-unsaturated/α-hetero) is 2. The van der Waals surface area contributed by atoms with E-state index in [0.717, 1.165) is 5.56 Å². The number of aromatic nitrogens is 5. The minimum atomic E-state index is -0.410. The predicted molar refractivity (Wildman–Crippen MR) is 164 cm³/mol. The van der Waals surface area contributed by atoms with Gasteiger partial charge < -0.3 is 20.1 Å². The molecule has 0 aromatic carbocycles. The lowest BCUT2D eigenvalue weighted by molar-refractivity contribution is -0.134. The number of thioether (sulfide) groups is 1. The minimum absolute atomic E-state index is 0.0262. The average molecular weight is 630 g/mol. The van der Waals surface area contributed by atoms with Crippen LogP contribution in [0.15, 0.2) is 23.7 Å². The number of carbonyl (C=O) groups excluding carboxylic acids is 4. The fraction of sp³-hybridized carbons (Fsp3) is 0.600. The zero-order valence-corrected chi connectivity index (χ0v) is 26.8. The van der Waals surface area contributed by atoms with E-state index >= 15 is 0 Å². The van der Waals surface area contributed by atoms with Gasteiger partial charge in [-0.05, 0) is 25.0 Å². The average Bonchev–Trinajstić information content (AvgIpc) is 3.47. The van der Waals surface area contributed by atoms with Gasteiger partial charge in [0.2, 0.25) is 11.8 Å². The van der Waals surface area contributed by atoms with Gasteiger partial charge >= 0.3 is 0 Å². The van der Waals surface area contributed by atoms with E-state index in [-0.39, 0.29) is 61.9 Å². The summed E-state index contributed by atoms with van der Waals surface area (Å²) in [5.41, 5.74) is 1.39. The molecular formula is C30H43N7O6S. The standard InChI is InChI=1S/C30H43N7O6S/c1-22(2)27(29(41)31-3)15-26(39)21-43-20-25(38)10-8-13-42-14-12-37-19-24(35-36-37)18-32-28(40)11-7-5-6-9-23-16-33-30(44-4)34-17-23/h16-17,19,22,27H,5,7-8,10-15,18,20-21H2,1-4H3,(H,31,41)(H,32,40)/t27-/m0/s1. The molecule has 0 saturated carbocycles. The van der Waals surface area contributed by atoms with Crippen LogP contribution < -0.4 is 10.6 Å². The molecule has 0 spiro atoms. The summed E-state index contributed by atoms with van der Waals surface area (Å²) in [7, 11) is 1.54. The van der Waals surface area contributed by atoms with Crippen LogP contribution in [0.25, 0.3) is 0 Å². The van der Waals surface area contributed by atoms with E-state index in [4.69, 9.17) is 9.47 Å². The van der Waals surface area contributed by atoms with Crippen LogP contribution in [0.2, 0.25) is 0 Å². The van der Waals surface area contributed by atoms with Crippen molar-refractivity contribution in [3.63, 3.8) is 0 Å². The molecule has 0 aliphatic carbocycles. The Morgan fingerprint density at radius 1 is 1.02 bits per heavy atom. The van der Waals surface area contributed by atoms with Crippen molar-refractivity contribution in [3.8, 4) is 11.8 Å². The highest BCUT2D eigenvalue weighted by molar-refractivity contribution is 7.98. The maximum Gasteiger partial charge on any atom is 0.223 e. The first-order chi connectivity index (χ1) is 21.2. The lowest BCUT2D eigenvalue weighted by Crippen LogP contribution is -2.33. The van der Waals surface area contributed by atoms with Crippen LogP contribution in [0.1, 0.15) is 63.6 Å². The van der Waals surface area contributed by atoms with Gasteiger partial charge in [0.25, 0.3) is 0 Å². The van der Waals surface area contributed by atoms with Gasteiger partial charge in [0, 0.05) is 57.6 Å². The Balaban J connectivity index is 1.49. The van der Waals surface area contributed by atoms with Crippen LogP contribution in [-0.4, -0.2) is 88.1 Å². The highest BCUT2D eigenvalue weighted by Crippen LogP contribution is 2.16. The molecule has 0 aliphatic rings. The van der Waals surface area contributed by atoms with Crippen molar-refractivity contribution in [2.24, 2.45) is 11.8 Å². The smallest absolute Gasteiger partial charge is 0.223 e. The lowest BCUT2D eigenvalue weighted by Gasteiger charge is -2.18. The molecule has 13 nitrogen and oxygen atoms in total. The second-order valence-corrected chi connectivity index (χ2v) is 11.1. The number of ether oxygens (including phenoxy) is 2. The number of nitrogens with one attached hydrogen (secondary N) is 2. The molecule has 2 amide bonds. The highest BCUT2D eigenvalue weighted by Gasteiger charge is 2.24. The number of carbonyl (C=O) groups is 4. The number of ketones is 2. The van der Waals surface area contributed by atoms with E-state index < -0.39 is 5.92 Å². The third-order valence-corrected chi connectivity index (χ3v) is 6.95. The van der Waals surface area contributed by atoms with Crippen LogP contribution in [0.4, 0.5) is 0 Å². The van der Waals surface area contributed by atoms with E-state index in [2.05, 4.69) is 42.8 Å². The van der Waals surface area contributed by atoms with Crippen molar-refractivity contribution in [2.45, 2.75) is 70.6 Å². The van der Waals surface area contributed by atoms with E-state index in [1.165, 1.54) is 11.8 Å². The van der Waals surface area contributed by atoms with Crippen molar-refractivity contribution in [1.82, 2.24) is 35.6 Å². The number of rotatable bonds is 21. The quantitative estimate of drug-likeness (QED) is 0.0897. The summed E-state index contributed by atoms with van der Waals surface area (Å²) in [4.78, 5) is 56.5. The van der Waals surface area contributed by atoms with Gasteiger partial charge in [-0.15, -0.1) is 5.10 Å². The molecule has 44 heavy (non-hydrogen) atoms. The van der Waals surface area contributed by atoms with Gasteiger partial charge in [0.1, 0.15) is 18.9 Å². The molecular weight excluding hydrogens is 586 g/mol. The maximum absolute atomic E-state index is 12.1. The largest absolute Gasteiger partial charge is 0.380 e. The monoisotopic (exact) mass is 629 g/mol. The van der Waals surface area contributed by atoms with E-state index in [1.54, 1.807) is 30.3 Å². The van der Waals surface area contributed by atoms with Gasteiger partial charge in [0.15, 0.2) is 16.7 Å². The Labute approximate surface area is 263 Å². The minimum Gasteiger partial charge on any atom is -0.380 e. The summed E-state index contributed by atoms with van der Waals surface area (Å²) in [6.45, 7) is 5.00. The molecule has 0 radical (unpaired) electrons. The maximum atomic E-state index is 12.1. The van der Waals surface area contributed by atoms with Crippen LogP contribution in [0.3, 0.4) is 0 Å². The van der Waals surface area contributed by atoms with E-state index in [1.807, 2.05) is 20.1 Å². The molecule has 1 atom stereocenters. The highest BCUT2D eigenvalue weighted by atomic mass is 32.2. The zero-order chi connectivity index (χ0) is 32.2. The van der Waals surface area contributed by atoms with Crippen LogP contribution in [-0.2, 0) is 41.7 Å². The summed E-state index contributed by atoms with van der Waals surface area (Å²) in [5.74, 6) is 5.08. The normalized spacial score (nSPS) is 11.5. The second kappa shape index (κ2) is 21.1. The Hall–Kier alpha value is -3.67. The summed E-state index contributed by atoms with van der Waals surface area (Å²) < 4.78 is 12.5. The van der Waals surface area contributed by atoms with Gasteiger partial charge in [-0.3, -0.25) is 19.2 Å². The zero-order valence-electron chi connectivity index (χ0n) is 26.0. The van der Waals surface area contributed by atoms with Crippen molar-refractivity contribution in [2.75, 3.05) is 39.7 Å². The van der Waals surface area contributed by atoms with Crippen molar-refractivity contribution in [3.05, 3.63) is 29.8 Å². The number of unbranched alkanes of at least 4 members (excludes halogenated alkanes) is 1. The van der Waals surface area contributed by atoms with Gasteiger partial charge in [-0.1, -0.05) is 42.7 Å². The SMILES string of the molecule is CNC(=O)[C@@H](CC(=O)COCC(=O)CCCOCCn1cc(CNC(=O)CCCC#Cc2cnc(SC)nc2)nn1)C(C)C. The second-order valence-electron chi connectivity index (χ2n) is 10.3. The van der Waals surface area contributed by atoms with Gasteiger partial charge in [0.05, 0.1) is 31.5 Å². The first-order valence-electron chi connectivity index (χ1n) is 14.6. The van der Waals surface area contributed by atoms with E-state index in [0.29, 0.717) is 56.3 Å². The topological polar surface area (TPSA) is 167 Å². The number of hydrogen-bond acceptors (Lipinski definition) is 11. The number of amides is 2. The summed E-state index contributed by atoms with van der Waals surface area (Å²) in [5, 5.41) is 14.2. The van der Waals surface area contributed by atoms with Crippen molar-refractivity contribution in [1.29, 1.82) is 0 Å². The molecule has 2 aromatic heterocycles. The van der Waals surface area contributed by atoms with Gasteiger partial charge in [-0.2, -0.15) is 0 Å². The Kier molecular flexibility index (Phi) is 17.5. The molecule has 0 aliphatic heterocycles. The molecule has 2 aromatic rings. The van der Waals surface area contributed by atoms with Crippen molar-refractivity contribution >= 4 is 35.1 Å². The Bertz CT molecular complexity index is 1260. The summed E-state index contributed by atoms with van der Waals surface area (Å²) in [6, 6.07) is 0. The molecule has 14 heteroatoms. The first-order valence-corrected chi connectivity index (χ1v) is 15.8. The first kappa shape index (κ1) is 36.5. The lowest BCUT2D eigenvalue weighted by atomic mass is 9.90. The molecule has 0 saturated heterocycles. The molecule has 0 bridgehead atoms. The third-order valence-electron chi connectivity index (χ3n) is 6.37. The molecule has 240 valence electrons. The molecule has 0 unspecified atom stereocenters.